The zero-order chi connectivity index (χ0) is 17.3. The molecule has 1 aromatic heterocycles. The fraction of sp³-hybridized carbons (Fsp3) is 0.375. The summed E-state index contributed by atoms with van der Waals surface area (Å²) in [5.74, 6) is -1.23. The molecule has 1 atom stereocenters. The lowest BCUT2D eigenvalue weighted by molar-refractivity contribution is -0.384. The number of carbonyl (C=O) groups excluding carboxylic acids is 1. The van der Waals surface area contributed by atoms with Gasteiger partial charge >= 0.3 is 5.97 Å². The predicted octanol–water partition coefficient (Wildman–Crippen LogP) is 2.02. The number of carboxylic acids is 1. The van der Waals surface area contributed by atoms with Gasteiger partial charge in [0.2, 0.25) is 5.91 Å². The molecule has 24 heavy (non-hydrogen) atoms. The van der Waals surface area contributed by atoms with E-state index in [2.05, 4.69) is 0 Å². The van der Waals surface area contributed by atoms with Crippen LogP contribution in [0.3, 0.4) is 0 Å². The number of piperidine rings is 1. The van der Waals surface area contributed by atoms with Gasteiger partial charge in [0.05, 0.1) is 4.92 Å². The number of fused-ring (bicyclic) bond motifs is 1. The van der Waals surface area contributed by atoms with Gasteiger partial charge in [-0.25, -0.2) is 4.79 Å². The summed E-state index contributed by atoms with van der Waals surface area (Å²) in [5, 5.41) is 20.8. The highest BCUT2D eigenvalue weighted by Crippen LogP contribution is 2.23. The second kappa shape index (κ2) is 6.31. The van der Waals surface area contributed by atoms with E-state index in [0.29, 0.717) is 23.9 Å². The van der Waals surface area contributed by atoms with Crippen LogP contribution in [-0.4, -0.2) is 44.0 Å². The topological polar surface area (TPSA) is 106 Å². The molecule has 0 spiro atoms. The first-order chi connectivity index (χ1) is 11.5. The molecule has 1 amide bonds. The van der Waals surface area contributed by atoms with Crippen LogP contribution in [0, 0.1) is 10.1 Å². The number of nitro groups is 1. The molecule has 0 saturated carbocycles. The number of benzene rings is 1. The number of nitro benzene ring substituents is 1. The average molecular weight is 331 g/mol. The smallest absolute Gasteiger partial charge is 0.326 e. The number of nitrogens with zero attached hydrogens (tertiary/aromatic N) is 3. The number of amides is 1. The Balaban J connectivity index is 1.82. The van der Waals surface area contributed by atoms with Crippen molar-refractivity contribution in [1.29, 1.82) is 0 Å². The molecule has 2 aromatic rings. The minimum absolute atomic E-state index is 0.00597. The molecule has 1 saturated heterocycles. The van der Waals surface area contributed by atoms with Gasteiger partial charge in [-0.3, -0.25) is 14.9 Å². The number of aliphatic carboxylic acids is 1. The van der Waals surface area contributed by atoms with E-state index in [-0.39, 0.29) is 18.1 Å². The van der Waals surface area contributed by atoms with Gasteiger partial charge in [0.1, 0.15) is 12.6 Å². The predicted molar refractivity (Wildman–Crippen MR) is 85.6 cm³/mol. The molecule has 0 aliphatic carbocycles. The summed E-state index contributed by atoms with van der Waals surface area (Å²) in [6.07, 6.45) is 3.76. The van der Waals surface area contributed by atoms with E-state index >= 15 is 0 Å². The van der Waals surface area contributed by atoms with Crippen molar-refractivity contribution >= 4 is 28.5 Å². The lowest BCUT2D eigenvalue weighted by Gasteiger charge is -2.33. The Kier molecular flexibility index (Phi) is 4.20. The molecule has 1 aliphatic heterocycles. The maximum Gasteiger partial charge on any atom is 0.326 e. The van der Waals surface area contributed by atoms with Crippen LogP contribution in [0.25, 0.3) is 10.9 Å². The van der Waals surface area contributed by atoms with Crippen molar-refractivity contribution in [3.8, 4) is 0 Å². The Labute approximate surface area is 137 Å². The van der Waals surface area contributed by atoms with E-state index in [4.69, 9.17) is 0 Å². The molecule has 1 aromatic carbocycles. The third-order valence-electron chi connectivity index (χ3n) is 4.38. The van der Waals surface area contributed by atoms with Gasteiger partial charge in [-0.15, -0.1) is 0 Å². The fourth-order valence-corrected chi connectivity index (χ4v) is 3.16. The Hall–Kier alpha value is -2.90. The van der Waals surface area contributed by atoms with Crippen LogP contribution in [0.15, 0.2) is 30.5 Å². The molecular formula is C16H17N3O5. The zero-order valence-electron chi connectivity index (χ0n) is 12.9. The standard InChI is InChI=1S/C16H17N3O5/c20-15(18-7-2-1-3-14(18)16(21)22)10-17-8-6-11-9-12(19(23)24)4-5-13(11)17/h4-6,8-9,14H,1-3,7,10H2,(H,21,22)/t14-/m1/s1. The highest BCUT2D eigenvalue weighted by atomic mass is 16.6. The maximum atomic E-state index is 12.5. The van der Waals surface area contributed by atoms with E-state index < -0.39 is 16.9 Å². The summed E-state index contributed by atoms with van der Waals surface area (Å²) < 4.78 is 1.69. The van der Waals surface area contributed by atoms with Crippen LogP contribution in [0.5, 0.6) is 0 Å². The molecule has 1 aliphatic rings. The normalized spacial score (nSPS) is 17.8. The second-order valence-corrected chi connectivity index (χ2v) is 5.88. The second-order valence-electron chi connectivity index (χ2n) is 5.88. The van der Waals surface area contributed by atoms with Crippen LogP contribution >= 0.6 is 0 Å². The number of non-ortho nitro benzene ring substituents is 1. The summed E-state index contributed by atoms with van der Waals surface area (Å²) in [4.78, 5) is 35.6. The van der Waals surface area contributed by atoms with Gasteiger partial charge in [-0.1, -0.05) is 0 Å². The number of hydrogen-bond donors (Lipinski definition) is 1. The number of carbonyl (C=O) groups is 2. The van der Waals surface area contributed by atoms with Gasteiger partial charge < -0.3 is 14.6 Å². The van der Waals surface area contributed by atoms with Gasteiger partial charge in [-0.2, -0.15) is 0 Å². The maximum absolute atomic E-state index is 12.5. The lowest BCUT2D eigenvalue weighted by atomic mass is 10.0. The molecule has 3 rings (SSSR count). The third-order valence-corrected chi connectivity index (χ3v) is 4.38. The molecule has 2 heterocycles. The van der Waals surface area contributed by atoms with Crippen LogP contribution in [0.2, 0.25) is 0 Å². The largest absolute Gasteiger partial charge is 0.480 e. The Morgan fingerprint density at radius 3 is 2.79 bits per heavy atom. The van der Waals surface area contributed by atoms with Crippen molar-refractivity contribution in [3.05, 3.63) is 40.6 Å². The van der Waals surface area contributed by atoms with Crippen molar-refractivity contribution in [2.45, 2.75) is 31.8 Å². The minimum Gasteiger partial charge on any atom is -0.480 e. The van der Waals surface area contributed by atoms with Crippen molar-refractivity contribution < 1.29 is 19.6 Å². The summed E-state index contributed by atoms with van der Waals surface area (Å²) in [6, 6.07) is 5.39. The van der Waals surface area contributed by atoms with Crippen LogP contribution in [0.1, 0.15) is 19.3 Å². The molecule has 8 nitrogen and oxygen atoms in total. The Bertz CT molecular complexity index is 813. The summed E-state index contributed by atoms with van der Waals surface area (Å²) >= 11 is 0. The number of aromatic nitrogens is 1. The monoisotopic (exact) mass is 331 g/mol. The fourth-order valence-electron chi connectivity index (χ4n) is 3.16. The minimum atomic E-state index is -0.976. The van der Waals surface area contributed by atoms with Gasteiger partial charge in [0.15, 0.2) is 0 Å². The number of hydrogen-bond acceptors (Lipinski definition) is 4. The van der Waals surface area contributed by atoms with Crippen molar-refractivity contribution in [3.63, 3.8) is 0 Å². The molecule has 1 N–H and O–H groups in total. The number of likely N-dealkylation sites (tertiary alicyclic amines) is 1. The highest BCUT2D eigenvalue weighted by Gasteiger charge is 2.31. The van der Waals surface area contributed by atoms with Crippen LogP contribution < -0.4 is 0 Å². The van der Waals surface area contributed by atoms with E-state index in [1.807, 2.05) is 0 Å². The zero-order valence-corrected chi connectivity index (χ0v) is 12.9. The summed E-state index contributed by atoms with van der Waals surface area (Å²) in [7, 11) is 0. The van der Waals surface area contributed by atoms with Gasteiger partial charge in [0.25, 0.3) is 5.69 Å². The summed E-state index contributed by atoms with van der Waals surface area (Å²) in [6.45, 7) is 0.464. The summed E-state index contributed by atoms with van der Waals surface area (Å²) in [5.41, 5.74) is 0.700. The Morgan fingerprint density at radius 2 is 2.08 bits per heavy atom. The molecule has 0 radical (unpaired) electrons. The molecule has 126 valence electrons. The first kappa shape index (κ1) is 16.0. The quantitative estimate of drug-likeness (QED) is 0.681. The van der Waals surface area contributed by atoms with E-state index in [0.717, 1.165) is 12.8 Å². The van der Waals surface area contributed by atoms with E-state index in [9.17, 15) is 24.8 Å². The third kappa shape index (κ3) is 2.94. The first-order valence-corrected chi connectivity index (χ1v) is 7.73. The van der Waals surface area contributed by atoms with Crippen LogP contribution in [0.4, 0.5) is 5.69 Å². The lowest BCUT2D eigenvalue weighted by Crippen LogP contribution is -2.49. The van der Waals surface area contributed by atoms with Gasteiger partial charge in [-0.05, 0) is 31.4 Å². The van der Waals surface area contributed by atoms with Crippen LogP contribution in [-0.2, 0) is 16.1 Å². The van der Waals surface area contributed by atoms with Crippen molar-refractivity contribution in [2.75, 3.05) is 6.54 Å². The Morgan fingerprint density at radius 1 is 1.29 bits per heavy atom. The van der Waals surface area contributed by atoms with E-state index in [1.54, 1.807) is 22.9 Å². The average Bonchev–Trinajstić information content (AvgIpc) is 2.97. The van der Waals surface area contributed by atoms with Crippen molar-refractivity contribution in [2.24, 2.45) is 0 Å². The van der Waals surface area contributed by atoms with Crippen molar-refractivity contribution in [1.82, 2.24) is 9.47 Å². The molecule has 1 fully saturated rings. The first-order valence-electron chi connectivity index (χ1n) is 7.73. The SMILES string of the molecule is O=C(O)[C@H]1CCCCN1C(=O)Cn1ccc2cc([N+](=O)[O-])ccc21. The highest BCUT2D eigenvalue weighted by molar-refractivity contribution is 5.87. The number of carboxylic acid groups (broad SMARTS) is 1. The molecule has 0 unspecified atom stereocenters. The molecule has 8 heteroatoms. The molecule has 0 bridgehead atoms. The molecular weight excluding hydrogens is 314 g/mol. The number of rotatable bonds is 4. The van der Waals surface area contributed by atoms with E-state index in [1.165, 1.54) is 17.0 Å². The van der Waals surface area contributed by atoms with Gasteiger partial charge in [0, 0.05) is 35.8 Å².